The van der Waals surface area contributed by atoms with Crippen molar-refractivity contribution in [3.63, 3.8) is 0 Å². The number of halogens is 2. The fraction of sp³-hybridized carbons (Fsp3) is 0.929. The molecule has 0 aliphatic carbocycles. The van der Waals surface area contributed by atoms with Crippen LogP contribution in [-0.2, 0) is 0 Å². The number of aliphatic imine (C=N–C) groups is 1. The Morgan fingerprint density at radius 3 is 2.37 bits per heavy atom. The van der Waals surface area contributed by atoms with Gasteiger partial charge in [-0.2, -0.15) is 0 Å². The zero-order valence-corrected chi connectivity index (χ0v) is 15.2. The van der Waals surface area contributed by atoms with Crippen LogP contribution in [0.1, 0.15) is 52.9 Å². The van der Waals surface area contributed by atoms with E-state index in [-0.39, 0.29) is 36.1 Å². The third-order valence-electron chi connectivity index (χ3n) is 3.02. The standard InChI is InChI=1S/C14H30FN3.HI/c1-5-6-7-9-14(2,3)12-18-13(16-4)17-11-8-10-15;/h5-12H2,1-4H3,(H2,16,17,18);1H. The highest BCUT2D eigenvalue weighted by molar-refractivity contribution is 14.0. The summed E-state index contributed by atoms with van der Waals surface area (Å²) in [6, 6.07) is 0. The summed E-state index contributed by atoms with van der Waals surface area (Å²) in [5.41, 5.74) is 0.271. The summed E-state index contributed by atoms with van der Waals surface area (Å²) in [5.74, 6) is 0.770. The first kappa shape index (κ1) is 21.2. The Morgan fingerprint density at radius 1 is 1.16 bits per heavy atom. The Morgan fingerprint density at radius 2 is 1.84 bits per heavy atom. The van der Waals surface area contributed by atoms with Crippen LogP contribution >= 0.6 is 24.0 Å². The Labute approximate surface area is 135 Å². The average Bonchev–Trinajstić information content (AvgIpc) is 2.34. The third kappa shape index (κ3) is 12.7. The molecule has 0 aromatic heterocycles. The number of nitrogens with zero attached hydrogens (tertiary/aromatic N) is 1. The van der Waals surface area contributed by atoms with Crippen molar-refractivity contribution in [3.05, 3.63) is 0 Å². The lowest BCUT2D eigenvalue weighted by molar-refractivity contribution is 0.318. The fourth-order valence-corrected chi connectivity index (χ4v) is 1.76. The number of hydrogen-bond donors (Lipinski definition) is 2. The van der Waals surface area contributed by atoms with Crippen molar-refractivity contribution < 1.29 is 4.39 Å². The van der Waals surface area contributed by atoms with E-state index in [1.165, 1.54) is 25.7 Å². The van der Waals surface area contributed by atoms with Gasteiger partial charge in [-0.15, -0.1) is 24.0 Å². The predicted molar refractivity (Wildman–Crippen MR) is 93.3 cm³/mol. The molecular weight excluding hydrogens is 356 g/mol. The molecule has 0 bridgehead atoms. The number of nitrogens with one attached hydrogen (secondary N) is 2. The molecule has 0 saturated heterocycles. The summed E-state index contributed by atoms with van der Waals surface area (Å²) in [7, 11) is 1.74. The minimum atomic E-state index is -0.285. The molecule has 0 unspecified atom stereocenters. The van der Waals surface area contributed by atoms with Crippen LogP contribution in [0.4, 0.5) is 4.39 Å². The zero-order chi connectivity index (χ0) is 13.9. The highest BCUT2D eigenvalue weighted by atomic mass is 127. The molecular formula is C14H31FIN3. The van der Waals surface area contributed by atoms with E-state index in [2.05, 4.69) is 36.4 Å². The summed E-state index contributed by atoms with van der Waals surface area (Å²) in [5, 5.41) is 6.42. The molecule has 0 fully saturated rings. The van der Waals surface area contributed by atoms with Gasteiger partial charge in [0.05, 0.1) is 6.67 Å². The van der Waals surface area contributed by atoms with Crippen molar-refractivity contribution in [1.29, 1.82) is 0 Å². The van der Waals surface area contributed by atoms with Gasteiger partial charge >= 0.3 is 0 Å². The molecule has 5 heteroatoms. The largest absolute Gasteiger partial charge is 0.356 e. The molecule has 116 valence electrons. The van der Waals surface area contributed by atoms with Crippen LogP contribution < -0.4 is 10.6 Å². The van der Waals surface area contributed by atoms with Crippen LogP contribution in [0.3, 0.4) is 0 Å². The van der Waals surface area contributed by atoms with Gasteiger partial charge in [0.25, 0.3) is 0 Å². The molecule has 0 aliphatic rings. The van der Waals surface area contributed by atoms with Crippen LogP contribution in [-0.4, -0.2) is 32.8 Å². The van der Waals surface area contributed by atoms with Crippen LogP contribution in [0, 0.1) is 5.41 Å². The number of guanidine groups is 1. The lowest BCUT2D eigenvalue weighted by Gasteiger charge is -2.26. The van der Waals surface area contributed by atoms with Gasteiger partial charge in [0, 0.05) is 20.1 Å². The highest BCUT2D eigenvalue weighted by Crippen LogP contribution is 2.22. The summed E-state index contributed by atoms with van der Waals surface area (Å²) in [6.45, 7) is 8.00. The SMILES string of the molecule is CCCCCC(C)(C)CNC(=NC)NCCCF.I. The normalized spacial score (nSPS) is 11.9. The van der Waals surface area contributed by atoms with Crippen LogP contribution in [0.15, 0.2) is 4.99 Å². The van der Waals surface area contributed by atoms with Crippen LogP contribution in [0.5, 0.6) is 0 Å². The molecule has 0 saturated carbocycles. The number of rotatable bonds is 9. The molecule has 0 heterocycles. The van der Waals surface area contributed by atoms with Gasteiger partial charge in [-0.3, -0.25) is 9.38 Å². The molecule has 0 radical (unpaired) electrons. The summed E-state index contributed by atoms with van der Waals surface area (Å²) < 4.78 is 12.0. The van der Waals surface area contributed by atoms with E-state index in [0.29, 0.717) is 13.0 Å². The molecule has 3 nitrogen and oxygen atoms in total. The molecule has 0 atom stereocenters. The van der Waals surface area contributed by atoms with Crippen molar-refractivity contribution in [2.75, 3.05) is 26.8 Å². The molecule has 0 spiro atoms. The second-order valence-corrected chi connectivity index (χ2v) is 5.52. The van der Waals surface area contributed by atoms with Gasteiger partial charge in [-0.05, 0) is 18.3 Å². The van der Waals surface area contributed by atoms with Gasteiger partial charge < -0.3 is 10.6 Å². The summed E-state index contributed by atoms with van der Waals surface area (Å²) in [4.78, 5) is 4.13. The van der Waals surface area contributed by atoms with Gasteiger partial charge in [-0.25, -0.2) is 0 Å². The van der Waals surface area contributed by atoms with E-state index < -0.39 is 0 Å². The lowest BCUT2D eigenvalue weighted by Crippen LogP contribution is -2.42. The monoisotopic (exact) mass is 387 g/mol. The second-order valence-electron chi connectivity index (χ2n) is 5.52. The Hall–Kier alpha value is -0.0700. The van der Waals surface area contributed by atoms with Crippen molar-refractivity contribution in [2.24, 2.45) is 10.4 Å². The quantitative estimate of drug-likeness (QED) is 0.274. The lowest BCUT2D eigenvalue weighted by atomic mass is 9.87. The first-order valence-electron chi connectivity index (χ1n) is 7.06. The van der Waals surface area contributed by atoms with Crippen molar-refractivity contribution in [2.45, 2.75) is 52.9 Å². The highest BCUT2D eigenvalue weighted by Gasteiger charge is 2.17. The van der Waals surface area contributed by atoms with E-state index in [4.69, 9.17) is 0 Å². The molecule has 2 N–H and O–H groups in total. The van der Waals surface area contributed by atoms with Gasteiger partial charge in [0.2, 0.25) is 0 Å². The van der Waals surface area contributed by atoms with E-state index in [1.54, 1.807) is 7.05 Å². The minimum Gasteiger partial charge on any atom is -0.356 e. The van der Waals surface area contributed by atoms with Gasteiger partial charge in [-0.1, -0.05) is 40.0 Å². The molecule has 0 aromatic rings. The van der Waals surface area contributed by atoms with Gasteiger partial charge in [0.1, 0.15) is 0 Å². The maximum absolute atomic E-state index is 12.0. The zero-order valence-electron chi connectivity index (χ0n) is 12.9. The minimum absolute atomic E-state index is 0. The van der Waals surface area contributed by atoms with Crippen molar-refractivity contribution in [3.8, 4) is 0 Å². The average molecular weight is 387 g/mol. The molecule has 0 aromatic carbocycles. The number of unbranched alkanes of at least 4 members (excludes halogenated alkanes) is 2. The first-order valence-corrected chi connectivity index (χ1v) is 7.06. The van der Waals surface area contributed by atoms with E-state index >= 15 is 0 Å². The van der Waals surface area contributed by atoms with Gasteiger partial charge in [0.15, 0.2) is 5.96 Å². The van der Waals surface area contributed by atoms with E-state index in [1.807, 2.05) is 0 Å². The van der Waals surface area contributed by atoms with Crippen LogP contribution in [0.2, 0.25) is 0 Å². The Kier molecular flexibility index (Phi) is 14.5. The smallest absolute Gasteiger partial charge is 0.190 e. The Balaban J connectivity index is 0. The molecule has 0 amide bonds. The topological polar surface area (TPSA) is 36.4 Å². The maximum Gasteiger partial charge on any atom is 0.190 e. The van der Waals surface area contributed by atoms with Crippen molar-refractivity contribution >= 4 is 29.9 Å². The predicted octanol–water partition coefficient (Wildman–Crippen LogP) is 3.74. The van der Waals surface area contributed by atoms with E-state index in [9.17, 15) is 4.39 Å². The van der Waals surface area contributed by atoms with E-state index in [0.717, 1.165) is 12.5 Å². The summed E-state index contributed by atoms with van der Waals surface area (Å²) in [6.07, 6.45) is 5.58. The fourth-order valence-electron chi connectivity index (χ4n) is 1.76. The first-order chi connectivity index (χ1) is 8.55. The summed E-state index contributed by atoms with van der Waals surface area (Å²) >= 11 is 0. The third-order valence-corrected chi connectivity index (χ3v) is 3.02. The maximum atomic E-state index is 12.0. The number of alkyl halides is 1. The Bertz CT molecular complexity index is 233. The van der Waals surface area contributed by atoms with Crippen LogP contribution in [0.25, 0.3) is 0 Å². The molecule has 19 heavy (non-hydrogen) atoms. The molecule has 0 rings (SSSR count). The second kappa shape index (κ2) is 12.9. The molecule has 0 aliphatic heterocycles. The van der Waals surface area contributed by atoms with Crippen molar-refractivity contribution in [1.82, 2.24) is 10.6 Å². The number of hydrogen-bond acceptors (Lipinski definition) is 1.